The van der Waals surface area contributed by atoms with Gasteiger partial charge in [-0.1, -0.05) is 74.5 Å². The number of ether oxygens (including phenoxy) is 1. The van der Waals surface area contributed by atoms with Crippen molar-refractivity contribution < 1.29 is 19.5 Å². The molecule has 0 aliphatic carbocycles. The number of imidazole rings is 1. The minimum atomic E-state index is -1.16. The lowest BCUT2D eigenvalue weighted by Crippen LogP contribution is -2.45. The second-order valence-corrected chi connectivity index (χ2v) is 11.4. The second kappa shape index (κ2) is 13.4. The number of nitrogens with zero attached hydrogens (tertiary/aromatic N) is 4. The molecular formula is C31H40N8O4. The molecule has 5 rings (SSSR count). The van der Waals surface area contributed by atoms with Gasteiger partial charge in [0.2, 0.25) is 11.6 Å². The Morgan fingerprint density at radius 2 is 1.79 bits per heavy atom. The van der Waals surface area contributed by atoms with Crippen molar-refractivity contribution in [1.29, 1.82) is 0 Å². The van der Waals surface area contributed by atoms with Crippen molar-refractivity contribution in [2.45, 2.75) is 45.0 Å². The number of fused-ring (bicyclic) bond motifs is 1. The average molecular weight is 589 g/mol. The first-order chi connectivity index (χ1) is 20.8. The predicted octanol–water partition coefficient (Wildman–Crippen LogP) is 2.16. The maximum absolute atomic E-state index is 12.3. The molecule has 2 aromatic carbocycles. The number of carbonyl (C=O) groups is 1. The summed E-state index contributed by atoms with van der Waals surface area (Å²) >= 11 is 0. The van der Waals surface area contributed by atoms with Gasteiger partial charge in [-0.2, -0.15) is 14.7 Å². The first kappa shape index (κ1) is 30.2. The highest BCUT2D eigenvalue weighted by atomic mass is 16.7. The summed E-state index contributed by atoms with van der Waals surface area (Å²) in [6.07, 6.45) is -1.50. The van der Waals surface area contributed by atoms with Crippen molar-refractivity contribution in [2.24, 2.45) is 11.1 Å². The summed E-state index contributed by atoms with van der Waals surface area (Å²) in [5, 5.41) is 20.3. The van der Waals surface area contributed by atoms with E-state index in [-0.39, 0.29) is 23.8 Å². The van der Waals surface area contributed by atoms with Crippen molar-refractivity contribution in [3.63, 3.8) is 0 Å². The number of carbonyl (C=O) groups excluding carboxylic acids is 1. The van der Waals surface area contributed by atoms with Crippen LogP contribution in [0.15, 0.2) is 67.0 Å². The molecule has 4 aromatic rings. The van der Waals surface area contributed by atoms with E-state index >= 15 is 0 Å². The van der Waals surface area contributed by atoms with E-state index in [1.807, 2.05) is 36.4 Å². The van der Waals surface area contributed by atoms with Gasteiger partial charge >= 0.3 is 0 Å². The number of hydrogen-bond donors (Lipinski definition) is 5. The summed E-state index contributed by atoms with van der Waals surface area (Å²) in [5.41, 5.74) is 9.00. The molecule has 3 heterocycles. The molecular weight excluding hydrogens is 548 g/mol. The van der Waals surface area contributed by atoms with Crippen LogP contribution in [0.25, 0.3) is 11.2 Å². The molecule has 1 amide bonds. The van der Waals surface area contributed by atoms with Crippen molar-refractivity contribution in [3.8, 4) is 0 Å². The molecule has 1 saturated heterocycles. The highest BCUT2D eigenvalue weighted by Gasteiger charge is 2.42. The van der Waals surface area contributed by atoms with Crippen molar-refractivity contribution in [3.05, 3.63) is 78.1 Å². The molecule has 0 spiro atoms. The molecule has 0 bridgehead atoms. The van der Waals surface area contributed by atoms with Crippen LogP contribution < -0.4 is 26.5 Å². The number of hydrogen-bond acceptors (Lipinski definition) is 10. The monoisotopic (exact) mass is 588 g/mol. The Morgan fingerprint density at radius 3 is 2.42 bits per heavy atom. The third-order valence-corrected chi connectivity index (χ3v) is 7.51. The Labute approximate surface area is 251 Å². The van der Waals surface area contributed by atoms with Gasteiger partial charge in [-0.3, -0.25) is 4.79 Å². The van der Waals surface area contributed by atoms with Crippen LogP contribution in [0.3, 0.4) is 0 Å². The van der Waals surface area contributed by atoms with Gasteiger partial charge in [0, 0.05) is 25.6 Å². The number of aliphatic hydroxyl groups is 1. The highest BCUT2D eigenvalue weighted by Crippen LogP contribution is 2.28. The van der Waals surface area contributed by atoms with Crippen molar-refractivity contribution in [2.75, 3.05) is 43.4 Å². The van der Waals surface area contributed by atoms with E-state index in [9.17, 15) is 9.90 Å². The number of anilines is 2. The quantitative estimate of drug-likeness (QED) is 0.157. The van der Waals surface area contributed by atoms with E-state index < -0.39 is 18.3 Å². The summed E-state index contributed by atoms with van der Waals surface area (Å²) in [4.78, 5) is 32.4. The summed E-state index contributed by atoms with van der Waals surface area (Å²) in [7, 11) is 0. The molecule has 2 aromatic heterocycles. The van der Waals surface area contributed by atoms with E-state index in [1.54, 1.807) is 6.92 Å². The third kappa shape index (κ3) is 7.04. The standard InChI is InChI=1S/C31H40N8O4/c1-4-33-29(41)26-25(40)23(16-42-26)43-39-19-36-24-27(37-30(38-28(24)39)35-18-31(2,3)17-32)34-15-22(20-11-7-5-8-12-20)21-13-9-6-10-14-21/h5-14,19,22-23,25-26,40H,4,15-18,32H2,1-3H3,(H,33,41)(H2,34,35,37,38)/t23-,25-,26-/m0/s1. The van der Waals surface area contributed by atoms with Gasteiger partial charge in [-0.05, 0) is 30.0 Å². The van der Waals surface area contributed by atoms with E-state index in [0.29, 0.717) is 49.1 Å². The topological polar surface area (TPSA) is 161 Å². The Balaban J connectivity index is 1.44. The van der Waals surface area contributed by atoms with Crippen LogP contribution in [0.4, 0.5) is 11.8 Å². The fourth-order valence-corrected chi connectivity index (χ4v) is 4.88. The minimum Gasteiger partial charge on any atom is -0.402 e. The summed E-state index contributed by atoms with van der Waals surface area (Å²) in [5.74, 6) is 0.572. The van der Waals surface area contributed by atoms with E-state index in [1.165, 1.54) is 22.2 Å². The van der Waals surface area contributed by atoms with Gasteiger partial charge < -0.3 is 36.4 Å². The summed E-state index contributed by atoms with van der Waals surface area (Å²) < 4.78 is 6.94. The lowest BCUT2D eigenvalue weighted by Gasteiger charge is -2.23. The smallest absolute Gasteiger partial charge is 0.251 e. The maximum atomic E-state index is 12.3. The maximum Gasteiger partial charge on any atom is 0.251 e. The van der Waals surface area contributed by atoms with Gasteiger partial charge in [0.05, 0.1) is 6.61 Å². The van der Waals surface area contributed by atoms with Crippen LogP contribution in [0.5, 0.6) is 0 Å². The summed E-state index contributed by atoms with van der Waals surface area (Å²) in [6, 6.07) is 20.6. The van der Waals surface area contributed by atoms with Crippen LogP contribution >= 0.6 is 0 Å². The number of aliphatic hydroxyl groups excluding tert-OH is 1. The van der Waals surface area contributed by atoms with Crippen LogP contribution in [-0.2, 0) is 9.53 Å². The molecule has 1 fully saturated rings. The zero-order chi connectivity index (χ0) is 30.4. The lowest BCUT2D eigenvalue weighted by atomic mass is 9.91. The van der Waals surface area contributed by atoms with Gasteiger partial charge in [0.1, 0.15) is 12.4 Å². The minimum absolute atomic E-state index is 0.0322. The number of benzene rings is 2. The molecule has 0 radical (unpaired) electrons. The zero-order valence-corrected chi connectivity index (χ0v) is 24.7. The highest BCUT2D eigenvalue weighted by molar-refractivity contribution is 5.84. The molecule has 0 unspecified atom stereocenters. The van der Waals surface area contributed by atoms with Crippen molar-refractivity contribution in [1.82, 2.24) is 25.0 Å². The van der Waals surface area contributed by atoms with Gasteiger partial charge in [-0.25, -0.2) is 4.98 Å². The fraction of sp³-hybridized carbons (Fsp3) is 0.419. The molecule has 43 heavy (non-hydrogen) atoms. The lowest BCUT2D eigenvalue weighted by molar-refractivity contribution is -0.134. The van der Waals surface area contributed by atoms with E-state index in [0.717, 1.165) is 0 Å². The van der Waals surface area contributed by atoms with Gasteiger partial charge in [-0.15, -0.1) is 0 Å². The number of rotatable bonds is 13. The first-order valence-corrected chi connectivity index (χ1v) is 14.6. The number of nitrogens with one attached hydrogen (secondary N) is 3. The number of amides is 1. The number of nitrogens with two attached hydrogens (primary N) is 1. The Morgan fingerprint density at radius 1 is 1.12 bits per heavy atom. The molecule has 1 aliphatic rings. The normalized spacial score (nSPS) is 18.6. The molecule has 12 heteroatoms. The summed E-state index contributed by atoms with van der Waals surface area (Å²) in [6.45, 7) is 7.96. The van der Waals surface area contributed by atoms with Crippen molar-refractivity contribution >= 4 is 28.8 Å². The molecule has 228 valence electrons. The molecule has 3 atom stereocenters. The molecule has 12 nitrogen and oxygen atoms in total. The van der Waals surface area contributed by atoms with Gasteiger partial charge in [0.15, 0.2) is 23.5 Å². The number of aromatic nitrogens is 4. The fourth-order valence-electron chi connectivity index (χ4n) is 4.88. The predicted molar refractivity (Wildman–Crippen MR) is 165 cm³/mol. The van der Waals surface area contributed by atoms with Crippen LogP contribution in [0.1, 0.15) is 37.8 Å². The molecule has 0 saturated carbocycles. The Bertz CT molecular complexity index is 1460. The van der Waals surface area contributed by atoms with Crippen LogP contribution in [0, 0.1) is 5.41 Å². The third-order valence-electron chi connectivity index (χ3n) is 7.51. The Kier molecular flexibility index (Phi) is 9.39. The number of likely N-dealkylation sites (N-methyl/N-ethyl adjacent to an activating group) is 1. The average Bonchev–Trinajstić information content (AvgIpc) is 3.60. The largest absolute Gasteiger partial charge is 0.402 e. The van der Waals surface area contributed by atoms with E-state index in [4.69, 9.17) is 25.3 Å². The van der Waals surface area contributed by atoms with Crippen LogP contribution in [0.2, 0.25) is 0 Å². The molecule has 1 aliphatic heterocycles. The second-order valence-electron chi connectivity index (χ2n) is 11.4. The Hall–Kier alpha value is -4.26. The van der Waals surface area contributed by atoms with Crippen LogP contribution in [-0.4, -0.2) is 81.8 Å². The zero-order valence-electron chi connectivity index (χ0n) is 24.7. The van der Waals surface area contributed by atoms with Gasteiger partial charge in [0.25, 0.3) is 5.91 Å². The first-order valence-electron chi connectivity index (χ1n) is 14.6. The molecule has 6 N–H and O–H groups in total. The SMILES string of the molecule is CCNC(=O)[C@H]1OC[C@H](On2cnc3c(NCC(c4ccccc4)c4ccccc4)nc(NCC(C)(C)CN)nc32)[C@@H]1O. The van der Waals surface area contributed by atoms with E-state index in [2.05, 4.69) is 59.0 Å².